The van der Waals surface area contributed by atoms with Gasteiger partial charge in [-0.05, 0) is 0 Å². The molecule has 0 radical (unpaired) electrons. The zero-order chi connectivity index (χ0) is 12.7. The first-order valence-electron chi connectivity index (χ1n) is 4.39. The molecule has 0 spiro atoms. The molecule has 0 aromatic carbocycles. The van der Waals surface area contributed by atoms with Crippen LogP contribution in [0.1, 0.15) is 6.42 Å². The molecule has 6 nitrogen and oxygen atoms in total. The zero-order valence-electron chi connectivity index (χ0n) is 9.44. The Balaban J connectivity index is 4.80. The van der Waals surface area contributed by atoms with E-state index in [1.165, 1.54) is 7.11 Å². The second kappa shape index (κ2) is 6.60. The van der Waals surface area contributed by atoms with Gasteiger partial charge in [-0.2, -0.15) is 0 Å². The molecule has 0 aromatic heterocycles. The first kappa shape index (κ1) is 14.2. The van der Waals surface area contributed by atoms with Crippen LogP contribution in [0.3, 0.4) is 0 Å². The zero-order valence-corrected chi connectivity index (χ0v) is 9.44. The van der Waals surface area contributed by atoms with Gasteiger partial charge in [0.25, 0.3) is 0 Å². The molecule has 0 aromatic rings. The van der Waals surface area contributed by atoms with Gasteiger partial charge in [-0.1, -0.05) is 6.58 Å². The van der Waals surface area contributed by atoms with E-state index in [1.807, 2.05) is 0 Å². The summed E-state index contributed by atoms with van der Waals surface area (Å²) < 4.78 is 13.3. The summed E-state index contributed by atoms with van der Waals surface area (Å²) in [6.07, 6.45) is -0.308. The van der Waals surface area contributed by atoms with Gasteiger partial charge < -0.3 is 14.2 Å². The van der Waals surface area contributed by atoms with Crippen LogP contribution in [0.2, 0.25) is 0 Å². The number of hydrogen-bond acceptors (Lipinski definition) is 6. The normalized spacial score (nSPS) is 11.2. The highest BCUT2D eigenvalue weighted by Gasteiger charge is 2.30. The standard InChI is InChI=1S/C10H14O6/c1-6(9(12)15-3)7(10(13)16-4)5-8(11)14-2/h7H,1,5H2,2-4H3. The van der Waals surface area contributed by atoms with Crippen molar-refractivity contribution >= 4 is 17.9 Å². The van der Waals surface area contributed by atoms with Crippen LogP contribution in [-0.4, -0.2) is 39.2 Å². The molecule has 1 atom stereocenters. The third-order valence-corrected chi connectivity index (χ3v) is 1.95. The van der Waals surface area contributed by atoms with Gasteiger partial charge in [0, 0.05) is 5.57 Å². The molecular formula is C10H14O6. The van der Waals surface area contributed by atoms with Crippen LogP contribution in [0.5, 0.6) is 0 Å². The first-order chi connectivity index (χ1) is 7.47. The molecule has 0 aliphatic carbocycles. The van der Waals surface area contributed by atoms with Gasteiger partial charge >= 0.3 is 17.9 Å². The lowest BCUT2D eigenvalue weighted by molar-refractivity contribution is -0.152. The summed E-state index contributed by atoms with van der Waals surface area (Å²) in [4.78, 5) is 33.5. The van der Waals surface area contributed by atoms with Crippen LogP contribution >= 0.6 is 0 Å². The van der Waals surface area contributed by atoms with E-state index in [-0.39, 0.29) is 12.0 Å². The van der Waals surface area contributed by atoms with E-state index in [1.54, 1.807) is 0 Å². The lowest BCUT2D eigenvalue weighted by Crippen LogP contribution is -2.26. The second-order valence-corrected chi connectivity index (χ2v) is 2.87. The summed E-state index contributed by atoms with van der Waals surface area (Å²) in [5.74, 6) is -3.22. The molecule has 0 rings (SSSR count). The minimum absolute atomic E-state index is 0.139. The Hall–Kier alpha value is -1.85. The van der Waals surface area contributed by atoms with Crippen molar-refractivity contribution in [2.45, 2.75) is 6.42 Å². The van der Waals surface area contributed by atoms with Crippen molar-refractivity contribution in [1.82, 2.24) is 0 Å². The molecule has 0 N–H and O–H groups in total. The van der Waals surface area contributed by atoms with Crippen molar-refractivity contribution in [1.29, 1.82) is 0 Å². The maximum Gasteiger partial charge on any atom is 0.334 e. The smallest absolute Gasteiger partial charge is 0.334 e. The number of esters is 3. The highest BCUT2D eigenvalue weighted by molar-refractivity contribution is 5.96. The fourth-order valence-corrected chi connectivity index (χ4v) is 1.01. The molecule has 90 valence electrons. The van der Waals surface area contributed by atoms with E-state index in [2.05, 4.69) is 20.8 Å². The van der Waals surface area contributed by atoms with Gasteiger partial charge in [-0.3, -0.25) is 9.59 Å². The minimum Gasteiger partial charge on any atom is -0.469 e. The maximum atomic E-state index is 11.3. The highest BCUT2D eigenvalue weighted by atomic mass is 16.5. The number of rotatable bonds is 5. The number of methoxy groups -OCH3 is 3. The highest BCUT2D eigenvalue weighted by Crippen LogP contribution is 2.17. The number of ether oxygens (including phenoxy) is 3. The van der Waals surface area contributed by atoms with Crippen LogP contribution < -0.4 is 0 Å². The largest absolute Gasteiger partial charge is 0.469 e. The first-order valence-corrected chi connectivity index (χ1v) is 4.39. The van der Waals surface area contributed by atoms with E-state index in [4.69, 9.17) is 0 Å². The van der Waals surface area contributed by atoms with Crippen LogP contribution in [0.15, 0.2) is 12.2 Å². The Labute approximate surface area is 93.2 Å². The lowest BCUT2D eigenvalue weighted by atomic mass is 9.97. The van der Waals surface area contributed by atoms with Crippen LogP contribution in [0.4, 0.5) is 0 Å². The van der Waals surface area contributed by atoms with Crippen molar-refractivity contribution in [2.24, 2.45) is 5.92 Å². The van der Waals surface area contributed by atoms with Gasteiger partial charge in [0.2, 0.25) is 0 Å². The molecule has 0 aliphatic rings. The summed E-state index contributed by atoms with van der Waals surface area (Å²) in [5.41, 5.74) is -0.139. The number of hydrogen-bond donors (Lipinski definition) is 0. The van der Waals surface area contributed by atoms with E-state index in [9.17, 15) is 14.4 Å². The van der Waals surface area contributed by atoms with Crippen molar-refractivity contribution in [2.75, 3.05) is 21.3 Å². The summed E-state index contributed by atoms with van der Waals surface area (Å²) in [5, 5.41) is 0. The SMILES string of the molecule is C=C(C(=O)OC)C(CC(=O)OC)C(=O)OC. The van der Waals surface area contributed by atoms with E-state index in [0.29, 0.717) is 0 Å². The third kappa shape index (κ3) is 3.72. The Bertz CT molecular complexity index is 306. The van der Waals surface area contributed by atoms with Crippen molar-refractivity contribution < 1.29 is 28.6 Å². The molecule has 0 amide bonds. The quantitative estimate of drug-likeness (QED) is 0.377. The fraction of sp³-hybridized carbons (Fsp3) is 0.500. The van der Waals surface area contributed by atoms with E-state index < -0.39 is 23.8 Å². The van der Waals surface area contributed by atoms with Gasteiger partial charge in [0.1, 0.15) is 0 Å². The predicted molar refractivity (Wildman–Crippen MR) is 53.3 cm³/mol. The number of carbonyl (C=O) groups excluding carboxylic acids is 3. The topological polar surface area (TPSA) is 78.9 Å². The van der Waals surface area contributed by atoms with Gasteiger partial charge in [0.05, 0.1) is 33.7 Å². The molecule has 1 unspecified atom stereocenters. The Morgan fingerprint density at radius 2 is 1.62 bits per heavy atom. The Kier molecular flexibility index (Phi) is 5.84. The molecule has 0 heterocycles. The molecule has 0 bridgehead atoms. The molecular weight excluding hydrogens is 216 g/mol. The molecule has 0 saturated carbocycles. The maximum absolute atomic E-state index is 11.3. The monoisotopic (exact) mass is 230 g/mol. The molecule has 16 heavy (non-hydrogen) atoms. The van der Waals surface area contributed by atoms with Crippen molar-refractivity contribution in [3.05, 3.63) is 12.2 Å². The van der Waals surface area contributed by atoms with Crippen LogP contribution in [0.25, 0.3) is 0 Å². The van der Waals surface area contributed by atoms with E-state index >= 15 is 0 Å². The predicted octanol–water partition coefficient (Wildman–Crippen LogP) is 0.0679. The summed E-state index contributed by atoms with van der Waals surface area (Å²) in [6, 6.07) is 0. The fourth-order valence-electron chi connectivity index (χ4n) is 1.01. The Morgan fingerprint density at radius 3 is 2.00 bits per heavy atom. The lowest BCUT2D eigenvalue weighted by Gasteiger charge is -2.14. The average molecular weight is 230 g/mol. The summed E-state index contributed by atoms with van der Waals surface area (Å²) in [7, 11) is 3.48. The van der Waals surface area contributed by atoms with Gasteiger partial charge in [-0.15, -0.1) is 0 Å². The van der Waals surface area contributed by atoms with Gasteiger partial charge in [-0.25, -0.2) is 4.79 Å². The number of carbonyl (C=O) groups is 3. The van der Waals surface area contributed by atoms with Crippen molar-refractivity contribution in [3.63, 3.8) is 0 Å². The van der Waals surface area contributed by atoms with E-state index in [0.717, 1.165) is 14.2 Å². The van der Waals surface area contributed by atoms with Gasteiger partial charge in [0.15, 0.2) is 0 Å². The average Bonchev–Trinajstić information content (AvgIpc) is 2.32. The summed E-state index contributed by atoms with van der Waals surface area (Å²) >= 11 is 0. The third-order valence-electron chi connectivity index (χ3n) is 1.95. The minimum atomic E-state index is -1.08. The molecule has 6 heteroatoms. The Morgan fingerprint density at radius 1 is 1.06 bits per heavy atom. The second-order valence-electron chi connectivity index (χ2n) is 2.87. The van der Waals surface area contributed by atoms with Crippen molar-refractivity contribution in [3.8, 4) is 0 Å². The molecule has 0 fully saturated rings. The molecule has 0 aliphatic heterocycles. The van der Waals surface area contributed by atoms with Crippen LogP contribution in [0, 0.1) is 5.92 Å². The molecule has 0 saturated heterocycles. The summed E-state index contributed by atoms with van der Waals surface area (Å²) in [6.45, 7) is 3.40. The van der Waals surface area contributed by atoms with Crippen LogP contribution in [-0.2, 0) is 28.6 Å².